The maximum Gasteiger partial charge on any atom is 0.253 e. The minimum Gasteiger partial charge on any atom is -0.356 e. The van der Waals surface area contributed by atoms with Gasteiger partial charge in [-0.3, -0.25) is 9.79 Å². The summed E-state index contributed by atoms with van der Waals surface area (Å²) in [5.41, 5.74) is 2.26. The number of nitrogens with zero attached hydrogens (tertiary/aromatic N) is 3. The topological polar surface area (TPSA) is 47.9 Å². The van der Waals surface area contributed by atoms with E-state index < -0.39 is 0 Å². The maximum atomic E-state index is 12.0. The molecule has 1 saturated heterocycles. The summed E-state index contributed by atoms with van der Waals surface area (Å²) in [5, 5.41) is 3.45. The number of nitrogens with one attached hydrogen (secondary N) is 1. The molecule has 0 radical (unpaired) electrons. The predicted octanol–water partition coefficient (Wildman–Crippen LogP) is 2.24. The van der Waals surface area contributed by atoms with Crippen molar-refractivity contribution in [2.75, 3.05) is 40.8 Å². The largest absolute Gasteiger partial charge is 0.356 e. The van der Waals surface area contributed by atoms with Crippen LogP contribution in [-0.4, -0.2) is 62.4 Å². The Bertz CT molecular complexity index is 607. The molecule has 0 bridgehead atoms. The van der Waals surface area contributed by atoms with Crippen molar-refractivity contribution >= 4 is 11.9 Å². The summed E-state index contributed by atoms with van der Waals surface area (Å²) in [6.45, 7) is 7.50. The smallest absolute Gasteiger partial charge is 0.253 e. The van der Waals surface area contributed by atoms with E-state index in [0.717, 1.165) is 43.1 Å². The third-order valence-electron chi connectivity index (χ3n) is 4.47. The Hall–Kier alpha value is -2.04. The monoisotopic (exact) mass is 330 g/mol. The van der Waals surface area contributed by atoms with Gasteiger partial charge in [0.1, 0.15) is 0 Å². The molecule has 2 rings (SSSR count). The molecule has 0 atom stereocenters. The summed E-state index contributed by atoms with van der Waals surface area (Å²) in [7, 11) is 5.39. The summed E-state index contributed by atoms with van der Waals surface area (Å²) >= 11 is 0. The third kappa shape index (κ3) is 4.73. The number of carbonyl (C=O) groups is 1. The molecule has 1 fully saturated rings. The van der Waals surface area contributed by atoms with Gasteiger partial charge in [-0.15, -0.1) is 0 Å². The molecule has 1 aliphatic rings. The fourth-order valence-corrected chi connectivity index (χ4v) is 3.06. The second-order valence-electron chi connectivity index (χ2n) is 7.46. The van der Waals surface area contributed by atoms with Gasteiger partial charge in [-0.25, -0.2) is 0 Å². The van der Waals surface area contributed by atoms with Crippen molar-refractivity contribution in [1.82, 2.24) is 15.1 Å². The molecule has 1 aromatic carbocycles. The van der Waals surface area contributed by atoms with Crippen LogP contribution in [0.4, 0.5) is 0 Å². The average Bonchev–Trinajstić information content (AvgIpc) is 2.91. The standard InChI is InChI=1S/C19H30N4O/c1-19(2)10-12-23(14-19)18(20-3)21-11-9-15-7-6-8-16(13-15)17(24)22(4)5/h6-8,13H,9-12,14H2,1-5H3,(H,20,21). The SMILES string of the molecule is CN=C(NCCc1cccc(C(=O)N(C)C)c1)N1CCC(C)(C)C1. The van der Waals surface area contributed by atoms with Gasteiger partial charge in [-0.1, -0.05) is 26.0 Å². The summed E-state index contributed by atoms with van der Waals surface area (Å²) in [5.74, 6) is 1.01. The maximum absolute atomic E-state index is 12.0. The molecule has 24 heavy (non-hydrogen) atoms. The zero-order valence-electron chi connectivity index (χ0n) is 15.6. The van der Waals surface area contributed by atoms with E-state index in [1.807, 2.05) is 25.2 Å². The molecule has 5 heteroatoms. The summed E-state index contributed by atoms with van der Waals surface area (Å²) in [4.78, 5) is 20.4. The second kappa shape index (κ2) is 7.69. The number of benzene rings is 1. The van der Waals surface area contributed by atoms with E-state index in [2.05, 4.69) is 35.1 Å². The van der Waals surface area contributed by atoms with Crippen LogP contribution >= 0.6 is 0 Å². The molecule has 1 N–H and O–H groups in total. The van der Waals surface area contributed by atoms with Crippen LogP contribution in [0.2, 0.25) is 0 Å². The Morgan fingerprint density at radius 3 is 2.71 bits per heavy atom. The van der Waals surface area contributed by atoms with Crippen LogP contribution in [0.3, 0.4) is 0 Å². The molecule has 0 spiro atoms. The van der Waals surface area contributed by atoms with Gasteiger partial charge in [-0.05, 0) is 36.0 Å². The summed E-state index contributed by atoms with van der Waals surface area (Å²) in [6.07, 6.45) is 2.06. The highest BCUT2D eigenvalue weighted by atomic mass is 16.2. The Balaban J connectivity index is 1.89. The number of aliphatic imine (C=N–C) groups is 1. The molecule has 0 aliphatic carbocycles. The molecule has 5 nitrogen and oxygen atoms in total. The molecular weight excluding hydrogens is 300 g/mol. The number of hydrogen-bond donors (Lipinski definition) is 1. The van der Waals surface area contributed by atoms with Crippen molar-refractivity contribution in [3.05, 3.63) is 35.4 Å². The van der Waals surface area contributed by atoms with Gasteiger partial charge in [-0.2, -0.15) is 0 Å². The zero-order valence-corrected chi connectivity index (χ0v) is 15.6. The Morgan fingerprint density at radius 2 is 2.12 bits per heavy atom. The summed E-state index contributed by atoms with van der Waals surface area (Å²) < 4.78 is 0. The van der Waals surface area contributed by atoms with Gasteiger partial charge in [0.05, 0.1) is 0 Å². The van der Waals surface area contributed by atoms with E-state index in [1.165, 1.54) is 6.42 Å². The number of likely N-dealkylation sites (tertiary alicyclic amines) is 1. The lowest BCUT2D eigenvalue weighted by atomic mass is 9.93. The van der Waals surface area contributed by atoms with Crippen molar-refractivity contribution in [1.29, 1.82) is 0 Å². The number of amides is 1. The first kappa shape index (κ1) is 18.3. The minimum atomic E-state index is 0.0416. The van der Waals surface area contributed by atoms with Crippen molar-refractivity contribution in [2.45, 2.75) is 26.7 Å². The molecule has 132 valence electrons. The van der Waals surface area contributed by atoms with Crippen LogP contribution < -0.4 is 5.32 Å². The lowest BCUT2D eigenvalue weighted by Gasteiger charge is -2.23. The molecule has 1 amide bonds. The lowest BCUT2D eigenvalue weighted by Crippen LogP contribution is -2.41. The average molecular weight is 330 g/mol. The van der Waals surface area contributed by atoms with E-state index in [-0.39, 0.29) is 5.91 Å². The van der Waals surface area contributed by atoms with Crippen LogP contribution in [0.25, 0.3) is 0 Å². The molecule has 1 heterocycles. The van der Waals surface area contributed by atoms with Crippen molar-refractivity contribution in [3.8, 4) is 0 Å². The molecule has 0 saturated carbocycles. The quantitative estimate of drug-likeness (QED) is 0.680. The number of carbonyl (C=O) groups excluding carboxylic acids is 1. The Labute approximate surface area is 145 Å². The highest BCUT2D eigenvalue weighted by molar-refractivity contribution is 5.94. The first-order valence-electron chi connectivity index (χ1n) is 8.58. The van der Waals surface area contributed by atoms with Gasteiger partial charge >= 0.3 is 0 Å². The Kier molecular flexibility index (Phi) is 5.86. The van der Waals surface area contributed by atoms with E-state index in [9.17, 15) is 4.79 Å². The van der Waals surface area contributed by atoms with Gasteiger partial charge in [0, 0.05) is 46.3 Å². The van der Waals surface area contributed by atoms with Crippen molar-refractivity contribution < 1.29 is 4.79 Å². The van der Waals surface area contributed by atoms with Crippen LogP contribution in [0, 0.1) is 5.41 Å². The zero-order chi connectivity index (χ0) is 17.7. The third-order valence-corrected chi connectivity index (χ3v) is 4.47. The first-order valence-corrected chi connectivity index (χ1v) is 8.58. The predicted molar refractivity (Wildman–Crippen MR) is 99.5 cm³/mol. The lowest BCUT2D eigenvalue weighted by molar-refractivity contribution is 0.0827. The molecule has 1 aromatic rings. The van der Waals surface area contributed by atoms with E-state index in [4.69, 9.17) is 0 Å². The van der Waals surface area contributed by atoms with Gasteiger partial charge in [0.25, 0.3) is 5.91 Å². The van der Waals surface area contributed by atoms with Crippen LogP contribution in [0.5, 0.6) is 0 Å². The minimum absolute atomic E-state index is 0.0416. The first-order chi connectivity index (χ1) is 11.3. The molecule has 0 unspecified atom stereocenters. The highest BCUT2D eigenvalue weighted by Crippen LogP contribution is 2.28. The van der Waals surface area contributed by atoms with E-state index >= 15 is 0 Å². The number of rotatable bonds is 4. The second-order valence-corrected chi connectivity index (χ2v) is 7.46. The van der Waals surface area contributed by atoms with Gasteiger partial charge < -0.3 is 15.1 Å². The van der Waals surface area contributed by atoms with Gasteiger partial charge in [0.2, 0.25) is 0 Å². The fraction of sp³-hybridized carbons (Fsp3) is 0.579. The van der Waals surface area contributed by atoms with Crippen LogP contribution in [0.15, 0.2) is 29.3 Å². The molecule has 1 aliphatic heterocycles. The number of guanidine groups is 1. The molecular formula is C19H30N4O. The summed E-state index contributed by atoms with van der Waals surface area (Å²) in [6, 6.07) is 7.86. The van der Waals surface area contributed by atoms with Crippen molar-refractivity contribution in [2.24, 2.45) is 10.4 Å². The molecule has 0 aromatic heterocycles. The van der Waals surface area contributed by atoms with Crippen LogP contribution in [0.1, 0.15) is 36.2 Å². The highest BCUT2D eigenvalue weighted by Gasteiger charge is 2.30. The van der Waals surface area contributed by atoms with Gasteiger partial charge in [0.15, 0.2) is 5.96 Å². The van der Waals surface area contributed by atoms with Crippen LogP contribution in [-0.2, 0) is 6.42 Å². The van der Waals surface area contributed by atoms with Crippen molar-refractivity contribution in [3.63, 3.8) is 0 Å². The fourth-order valence-electron chi connectivity index (χ4n) is 3.06. The normalized spacial score (nSPS) is 17.0. The Morgan fingerprint density at radius 1 is 1.38 bits per heavy atom. The van der Waals surface area contributed by atoms with E-state index in [1.54, 1.807) is 19.0 Å². The van der Waals surface area contributed by atoms with E-state index in [0.29, 0.717) is 5.41 Å². The number of hydrogen-bond acceptors (Lipinski definition) is 2.